The predicted octanol–water partition coefficient (Wildman–Crippen LogP) is 3.84. The summed E-state index contributed by atoms with van der Waals surface area (Å²) in [6, 6.07) is 6.82. The molecule has 0 saturated carbocycles. The first-order valence-electron chi connectivity index (χ1n) is 10.0. The Morgan fingerprint density at radius 2 is 2.09 bits per heavy atom. The number of carbonyl (C=O) groups excluding carboxylic acids is 2. The molecule has 1 aliphatic heterocycles. The zero-order valence-corrected chi connectivity index (χ0v) is 17.9. The topological polar surface area (TPSA) is 88.8 Å². The van der Waals surface area contributed by atoms with E-state index in [0.29, 0.717) is 36.4 Å². The number of ether oxygens (including phenoxy) is 1. The maximum Gasteiger partial charge on any atom is 0.387 e. The molecular weight excluding hydrogens is 452 g/mol. The van der Waals surface area contributed by atoms with E-state index in [9.17, 15) is 18.4 Å². The standard InChI is InChI=1S/C22H17F2N5O3S/c23-22(24)32-14-7-13(8-25-9-14)27-20(30)16-12-33-18-11-28(6-4-15(16)18)21(31)17-10-26-19-3-1-2-5-29(17)19/h1-3,5,7-10,12,22H,4,6,11H2,(H,27,30). The molecule has 5 heterocycles. The summed E-state index contributed by atoms with van der Waals surface area (Å²) in [5.74, 6) is -0.637. The van der Waals surface area contributed by atoms with Gasteiger partial charge in [-0.3, -0.25) is 19.0 Å². The van der Waals surface area contributed by atoms with Gasteiger partial charge in [-0.05, 0) is 24.1 Å². The number of nitrogens with one attached hydrogen (secondary N) is 1. The lowest BCUT2D eigenvalue weighted by atomic mass is 10.0. The maximum atomic E-state index is 13.1. The fraction of sp³-hybridized carbons (Fsp3) is 0.182. The molecule has 0 fully saturated rings. The summed E-state index contributed by atoms with van der Waals surface area (Å²) >= 11 is 1.41. The Kier molecular flexibility index (Phi) is 5.47. The average Bonchev–Trinajstić information content (AvgIpc) is 3.42. The van der Waals surface area contributed by atoms with Crippen molar-refractivity contribution in [3.8, 4) is 5.75 Å². The number of hydrogen-bond acceptors (Lipinski definition) is 6. The van der Waals surface area contributed by atoms with Gasteiger partial charge in [0.2, 0.25) is 0 Å². The summed E-state index contributed by atoms with van der Waals surface area (Å²) in [5.41, 5.74) is 2.82. The Morgan fingerprint density at radius 1 is 1.21 bits per heavy atom. The molecule has 5 rings (SSSR count). The molecule has 0 aliphatic carbocycles. The van der Waals surface area contributed by atoms with Crippen LogP contribution in [0.3, 0.4) is 0 Å². The van der Waals surface area contributed by atoms with Gasteiger partial charge >= 0.3 is 6.61 Å². The molecule has 11 heteroatoms. The molecule has 0 aromatic carbocycles. The molecule has 1 aliphatic rings. The van der Waals surface area contributed by atoms with E-state index >= 15 is 0 Å². The molecule has 8 nitrogen and oxygen atoms in total. The van der Waals surface area contributed by atoms with Crippen LogP contribution in [0.25, 0.3) is 5.65 Å². The molecule has 0 unspecified atom stereocenters. The fourth-order valence-electron chi connectivity index (χ4n) is 3.80. The van der Waals surface area contributed by atoms with Crippen LogP contribution in [0, 0.1) is 0 Å². The first-order chi connectivity index (χ1) is 16.0. The summed E-state index contributed by atoms with van der Waals surface area (Å²) in [6.07, 6.45) is 6.39. The highest BCUT2D eigenvalue weighted by Crippen LogP contribution is 2.30. The SMILES string of the molecule is O=C(Nc1cncc(OC(F)F)c1)c1csc2c1CCN(C(=O)c1cnc3ccccn13)C2. The molecule has 4 aromatic heterocycles. The van der Waals surface area contributed by atoms with Crippen molar-refractivity contribution in [1.82, 2.24) is 19.3 Å². The largest absolute Gasteiger partial charge is 0.433 e. The normalized spacial score (nSPS) is 13.2. The number of carbonyl (C=O) groups is 2. The molecule has 33 heavy (non-hydrogen) atoms. The van der Waals surface area contributed by atoms with Gasteiger partial charge < -0.3 is 15.0 Å². The number of thiophene rings is 1. The zero-order chi connectivity index (χ0) is 22.9. The van der Waals surface area contributed by atoms with Crippen LogP contribution < -0.4 is 10.1 Å². The highest BCUT2D eigenvalue weighted by Gasteiger charge is 2.28. The molecule has 2 amide bonds. The van der Waals surface area contributed by atoms with Gasteiger partial charge in [0.1, 0.15) is 17.1 Å². The molecule has 0 saturated heterocycles. The summed E-state index contributed by atoms with van der Waals surface area (Å²) in [5, 5.41) is 4.42. The highest BCUT2D eigenvalue weighted by molar-refractivity contribution is 7.10. The number of pyridine rings is 2. The molecule has 0 spiro atoms. The Balaban J connectivity index is 1.31. The Hall–Kier alpha value is -3.86. The van der Waals surface area contributed by atoms with Crippen molar-refractivity contribution in [3.05, 3.63) is 76.1 Å². The number of nitrogens with zero attached hydrogens (tertiary/aromatic N) is 4. The van der Waals surface area contributed by atoms with Crippen LogP contribution >= 0.6 is 11.3 Å². The van der Waals surface area contributed by atoms with Crippen molar-refractivity contribution in [1.29, 1.82) is 0 Å². The summed E-state index contributed by atoms with van der Waals surface area (Å²) < 4.78 is 30.9. The minimum absolute atomic E-state index is 0.124. The monoisotopic (exact) mass is 469 g/mol. The number of rotatable bonds is 5. The molecular formula is C22H17F2N5O3S. The van der Waals surface area contributed by atoms with Crippen molar-refractivity contribution in [2.75, 3.05) is 11.9 Å². The summed E-state index contributed by atoms with van der Waals surface area (Å²) in [7, 11) is 0. The maximum absolute atomic E-state index is 13.1. The van der Waals surface area contributed by atoms with Crippen LogP contribution in [0.4, 0.5) is 14.5 Å². The lowest BCUT2D eigenvalue weighted by Gasteiger charge is -2.27. The van der Waals surface area contributed by atoms with Gasteiger partial charge in [-0.2, -0.15) is 8.78 Å². The second kappa shape index (κ2) is 8.58. The van der Waals surface area contributed by atoms with E-state index in [-0.39, 0.29) is 23.3 Å². The van der Waals surface area contributed by atoms with E-state index < -0.39 is 6.61 Å². The average molecular weight is 469 g/mol. The minimum atomic E-state index is -2.98. The number of anilines is 1. The number of halogens is 2. The number of aromatic nitrogens is 3. The molecule has 4 aromatic rings. The van der Waals surface area contributed by atoms with E-state index in [1.165, 1.54) is 23.6 Å². The number of alkyl halides is 2. The number of hydrogen-bond donors (Lipinski definition) is 1. The summed E-state index contributed by atoms with van der Waals surface area (Å²) in [4.78, 5) is 36.7. The van der Waals surface area contributed by atoms with Gasteiger partial charge in [-0.25, -0.2) is 4.98 Å². The van der Waals surface area contributed by atoms with Crippen LogP contribution in [0.1, 0.15) is 31.3 Å². The van der Waals surface area contributed by atoms with Crippen LogP contribution in [0.2, 0.25) is 0 Å². The number of imidazole rings is 1. The van der Waals surface area contributed by atoms with Gasteiger partial charge in [0.05, 0.1) is 36.4 Å². The van der Waals surface area contributed by atoms with Crippen LogP contribution in [-0.2, 0) is 13.0 Å². The van der Waals surface area contributed by atoms with Crippen molar-refractivity contribution in [2.45, 2.75) is 19.6 Å². The van der Waals surface area contributed by atoms with Crippen LogP contribution in [-0.4, -0.2) is 44.2 Å². The van der Waals surface area contributed by atoms with Crippen LogP contribution in [0.15, 0.2) is 54.4 Å². The number of amides is 2. The highest BCUT2D eigenvalue weighted by atomic mass is 32.1. The smallest absolute Gasteiger partial charge is 0.387 e. The minimum Gasteiger partial charge on any atom is -0.433 e. The lowest BCUT2D eigenvalue weighted by molar-refractivity contribution is -0.0500. The first kappa shape index (κ1) is 21.0. The van der Waals surface area contributed by atoms with Crippen LogP contribution in [0.5, 0.6) is 5.75 Å². The third-order valence-electron chi connectivity index (χ3n) is 5.31. The van der Waals surface area contributed by atoms with Gasteiger partial charge in [0, 0.05) is 29.1 Å². The number of fused-ring (bicyclic) bond motifs is 2. The van der Waals surface area contributed by atoms with Crippen molar-refractivity contribution in [3.63, 3.8) is 0 Å². The van der Waals surface area contributed by atoms with E-state index in [0.717, 1.165) is 16.6 Å². The Labute approximate surface area is 190 Å². The zero-order valence-electron chi connectivity index (χ0n) is 17.1. The van der Waals surface area contributed by atoms with Crippen molar-refractivity contribution < 1.29 is 23.1 Å². The lowest BCUT2D eigenvalue weighted by Crippen LogP contribution is -2.36. The molecule has 0 radical (unpaired) electrons. The fourth-order valence-corrected chi connectivity index (χ4v) is 4.89. The van der Waals surface area contributed by atoms with Gasteiger partial charge in [0.15, 0.2) is 0 Å². The van der Waals surface area contributed by atoms with E-state index in [1.54, 1.807) is 27.1 Å². The van der Waals surface area contributed by atoms with Gasteiger partial charge in [-0.1, -0.05) is 6.07 Å². The quantitative estimate of drug-likeness (QED) is 0.480. The first-order valence-corrected chi connectivity index (χ1v) is 10.9. The summed E-state index contributed by atoms with van der Waals surface area (Å²) in [6.45, 7) is -2.12. The second-order valence-corrected chi connectivity index (χ2v) is 8.31. The third kappa shape index (κ3) is 4.14. The van der Waals surface area contributed by atoms with E-state index in [1.807, 2.05) is 18.2 Å². The molecule has 1 N–H and O–H groups in total. The molecule has 0 bridgehead atoms. The molecule has 168 valence electrons. The van der Waals surface area contributed by atoms with Crippen molar-refractivity contribution in [2.24, 2.45) is 0 Å². The van der Waals surface area contributed by atoms with E-state index in [2.05, 4.69) is 20.0 Å². The Morgan fingerprint density at radius 3 is 2.94 bits per heavy atom. The van der Waals surface area contributed by atoms with Gasteiger partial charge in [-0.15, -0.1) is 11.3 Å². The predicted molar refractivity (Wildman–Crippen MR) is 117 cm³/mol. The molecule has 0 atom stereocenters. The van der Waals surface area contributed by atoms with Crippen molar-refractivity contribution >= 4 is 34.5 Å². The third-order valence-corrected chi connectivity index (χ3v) is 6.32. The second-order valence-electron chi connectivity index (χ2n) is 7.34. The van der Waals surface area contributed by atoms with Gasteiger partial charge in [0.25, 0.3) is 11.8 Å². The van der Waals surface area contributed by atoms with E-state index in [4.69, 9.17) is 0 Å². The Bertz CT molecular complexity index is 1350.